The monoisotopic (exact) mass is 566 g/mol. The lowest BCUT2D eigenvalue weighted by atomic mass is 10.1. The number of nitrogens with zero attached hydrogens (tertiary/aromatic N) is 5. The SMILES string of the molecule is COc1ncc(N2CCOCC2)cc1S(=O)(=O)Nc1ccnc(-c2ccc(CN3CCN(C(C)C)CC3)cc2)c1. The summed E-state index contributed by atoms with van der Waals surface area (Å²) >= 11 is 0. The maximum atomic E-state index is 13.5. The molecular formula is C29H38N6O4S. The number of anilines is 2. The smallest absolute Gasteiger partial charge is 0.267 e. The second kappa shape index (κ2) is 12.5. The minimum absolute atomic E-state index is 0.0177. The van der Waals surface area contributed by atoms with Crippen LogP contribution in [0.5, 0.6) is 5.88 Å². The number of ether oxygens (including phenoxy) is 2. The van der Waals surface area contributed by atoms with Crippen molar-refractivity contribution in [2.45, 2.75) is 31.3 Å². The summed E-state index contributed by atoms with van der Waals surface area (Å²) in [7, 11) is -2.57. The van der Waals surface area contributed by atoms with Gasteiger partial charge < -0.3 is 14.4 Å². The van der Waals surface area contributed by atoms with Gasteiger partial charge >= 0.3 is 0 Å². The molecule has 5 rings (SSSR count). The topological polar surface area (TPSA) is 100 Å². The fourth-order valence-corrected chi connectivity index (χ4v) is 6.29. The third-order valence-electron chi connectivity index (χ3n) is 7.47. The summed E-state index contributed by atoms with van der Waals surface area (Å²) in [5.74, 6) is 0.0417. The molecule has 0 aliphatic carbocycles. The van der Waals surface area contributed by atoms with E-state index < -0.39 is 10.0 Å². The molecule has 3 aromatic rings. The van der Waals surface area contributed by atoms with Crippen molar-refractivity contribution in [3.63, 3.8) is 0 Å². The molecule has 2 fully saturated rings. The Labute approximate surface area is 237 Å². The highest BCUT2D eigenvalue weighted by Crippen LogP contribution is 2.29. The number of aromatic nitrogens is 2. The first-order valence-electron chi connectivity index (χ1n) is 13.7. The van der Waals surface area contributed by atoms with Crippen LogP contribution in [-0.4, -0.2) is 93.8 Å². The van der Waals surface area contributed by atoms with Crippen molar-refractivity contribution in [2.24, 2.45) is 0 Å². The highest BCUT2D eigenvalue weighted by atomic mass is 32.2. The van der Waals surface area contributed by atoms with Crippen LogP contribution < -0.4 is 14.4 Å². The van der Waals surface area contributed by atoms with Crippen molar-refractivity contribution >= 4 is 21.4 Å². The predicted molar refractivity (Wildman–Crippen MR) is 156 cm³/mol. The predicted octanol–water partition coefficient (Wildman–Crippen LogP) is 3.32. The number of nitrogens with one attached hydrogen (secondary N) is 1. The van der Waals surface area contributed by atoms with Crippen molar-refractivity contribution in [3.8, 4) is 17.1 Å². The molecule has 1 N–H and O–H groups in total. The second-order valence-corrected chi connectivity index (χ2v) is 12.1. The molecular weight excluding hydrogens is 528 g/mol. The van der Waals surface area contributed by atoms with Crippen LogP contribution in [-0.2, 0) is 21.3 Å². The van der Waals surface area contributed by atoms with Crippen LogP contribution in [0.25, 0.3) is 11.3 Å². The van der Waals surface area contributed by atoms with E-state index in [1.807, 2.05) is 12.1 Å². The standard InChI is InChI=1S/C29H38N6O4S/c1-22(2)34-12-10-33(11-13-34)21-23-4-6-24(7-5-23)27-18-25(8-9-30-27)32-40(36,37)28-19-26(20-31-29(28)38-3)35-14-16-39-17-15-35/h4-9,18-20,22H,10-17,21H2,1-3H3,(H,30,32). The first kappa shape index (κ1) is 28.3. The molecule has 0 unspecified atom stereocenters. The van der Waals surface area contributed by atoms with Gasteiger partial charge in [0, 0.05) is 63.6 Å². The van der Waals surface area contributed by atoms with E-state index in [9.17, 15) is 8.42 Å². The van der Waals surface area contributed by atoms with Crippen molar-refractivity contribution < 1.29 is 17.9 Å². The van der Waals surface area contributed by atoms with Gasteiger partial charge in [0.05, 0.1) is 43.6 Å². The molecule has 0 atom stereocenters. The van der Waals surface area contributed by atoms with Crippen LogP contribution in [0.4, 0.5) is 11.4 Å². The van der Waals surface area contributed by atoms with E-state index in [1.165, 1.54) is 12.7 Å². The van der Waals surface area contributed by atoms with Gasteiger partial charge in [0.2, 0.25) is 5.88 Å². The molecule has 0 spiro atoms. The molecule has 2 aliphatic rings. The molecule has 0 amide bonds. The number of sulfonamides is 1. The van der Waals surface area contributed by atoms with Gasteiger partial charge in [-0.3, -0.25) is 19.5 Å². The van der Waals surface area contributed by atoms with E-state index in [1.54, 1.807) is 30.6 Å². The Morgan fingerprint density at radius 3 is 2.38 bits per heavy atom. The maximum Gasteiger partial charge on any atom is 0.267 e. The number of methoxy groups -OCH3 is 1. The summed E-state index contributed by atoms with van der Waals surface area (Å²) in [5, 5.41) is 0. The van der Waals surface area contributed by atoms with Crippen molar-refractivity contribution in [1.29, 1.82) is 0 Å². The van der Waals surface area contributed by atoms with E-state index in [0.29, 0.717) is 49.4 Å². The average molecular weight is 567 g/mol. The Hall–Kier alpha value is -3.25. The molecule has 2 aliphatic heterocycles. The molecule has 0 radical (unpaired) electrons. The number of piperazine rings is 1. The summed E-state index contributed by atoms with van der Waals surface area (Å²) in [6.45, 7) is 12.3. The lowest BCUT2D eigenvalue weighted by Crippen LogP contribution is -2.48. The first-order chi connectivity index (χ1) is 19.3. The van der Waals surface area contributed by atoms with Crippen LogP contribution >= 0.6 is 0 Å². The lowest BCUT2D eigenvalue weighted by Gasteiger charge is -2.36. The van der Waals surface area contributed by atoms with Crippen LogP contribution in [0, 0.1) is 0 Å². The fraction of sp³-hybridized carbons (Fsp3) is 0.448. The van der Waals surface area contributed by atoms with Crippen molar-refractivity contribution in [2.75, 3.05) is 69.2 Å². The van der Waals surface area contributed by atoms with E-state index in [0.717, 1.165) is 38.3 Å². The number of morpholine rings is 1. The van der Waals surface area contributed by atoms with Gasteiger partial charge in [-0.2, -0.15) is 0 Å². The minimum Gasteiger partial charge on any atom is -0.480 e. The second-order valence-electron chi connectivity index (χ2n) is 10.4. The molecule has 0 bridgehead atoms. The van der Waals surface area contributed by atoms with Gasteiger partial charge in [-0.05, 0) is 37.6 Å². The Kier molecular flexibility index (Phi) is 8.84. The minimum atomic E-state index is -3.98. The number of pyridine rings is 2. The zero-order chi connectivity index (χ0) is 28.1. The first-order valence-corrected chi connectivity index (χ1v) is 15.2. The van der Waals surface area contributed by atoms with Crippen LogP contribution in [0.2, 0.25) is 0 Å². The van der Waals surface area contributed by atoms with Gasteiger partial charge in [0.25, 0.3) is 10.0 Å². The maximum absolute atomic E-state index is 13.5. The van der Waals surface area contributed by atoms with Crippen molar-refractivity contribution in [3.05, 3.63) is 60.4 Å². The van der Waals surface area contributed by atoms with E-state index >= 15 is 0 Å². The van der Waals surface area contributed by atoms with Crippen LogP contribution in [0.1, 0.15) is 19.4 Å². The van der Waals surface area contributed by atoms with Crippen LogP contribution in [0.3, 0.4) is 0 Å². The quantitative estimate of drug-likeness (QED) is 0.418. The van der Waals surface area contributed by atoms with Gasteiger partial charge in [0.1, 0.15) is 0 Å². The Balaban J connectivity index is 1.28. The van der Waals surface area contributed by atoms with Crippen molar-refractivity contribution in [1.82, 2.24) is 19.8 Å². The fourth-order valence-electron chi connectivity index (χ4n) is 5.10. The van der Waals surface area contributed by atoms with E-state index in [2.05, 4.69) is 55.4 Å². The number of rotatable bonds is 9. The Morgan fingerprint density at radius 1 is 0.975 bits per heavy atom. The molecule has 4 heterocycles. The molecule has 11 heteroatoms. The van der Waals surface area contributed by atoms with Gasteiger partial charge in [-0.25, -0.2) is 13.4 Å². The third kappa shape index (κ3) is 6.72. The molecule has 0 saturated carbocycles. The summed E-state index contributed by atoms with van der Waals surface area (Å²) in [5.41, 5.74) is 3.98. The Morgan fingerprint density at radius 2 is 1.70 bits per heavy atom. The summed E-state index contributed by atoms with van der Waals surface area (Å²) < 4.78 is 40.3. The Bertz CT molecular complexity index is 1390. The number of benzene rings is 1. The average Bonchev–Trinajstić information content (AvgIpc) is 2.98. The van der Waals surface area contributed by atoms with E-state index in [-0.39, 0.29) is 10.8 Å². The molecule has 10 nitrogen and oxygen atoms in total. The lowest BCUT2D eigenvalue weighted by molar-refractivity contribution is 0.104. The van der Waals surface area contributed by atoms with Gasteiger partial charge in [-0.1, -0.05) is 24.3 Å². The zero-order valence-electron chi connectivity index (χ0n) is 23.4. The summed E-state index contributed by atoms with van der Waals surface area (Å²) in [4.78, 5) is 15.8. The number of hydrogen-bond donors (Lipinski definition) is 1. The third-order valence-corrected chi connectivity index (χ3v) is 8.84. The zero-order valence-corrected chi connectivity index (χ0v) is 24.2. The highest BCUT2D eigenvalue weighted by Gasteiger charge is 2.24. The van der Waals surface area contributed by atoms with E-state index in [4.69, 9.17) is 9.47 Å². The molecule has 2 aromatic heterocycles. The number of hydrogen-bond acceptors (Lipinski definition) is 9. The molecule has 2 saturated heterocycles. The molecule has 214 valence electrons. The normalized spacial score (nSPS) is 17.2. The molecule has 40 heavy (non-hydrogen) atoms. The summed E-state index contributed by atoms with van der Waals surface area (Å²) in [6, 6.07) is 13.9. The summed E-state index contributed by atoms with van der Waals surface area (Å²) in [6.07, 6.45) is 3.23. The highest BCUT2D eigenvalue weighted by molar-refractivity contribution is 7.92. The molecule has 1 aromatic carbocycles. The van der Waals surface area contributed by atoms with Gasteiger partial charge in [0.15, 0.2) is 4.90 Å². The van der Waals surface area contributed by atoms with Crippen LogP contribution in [0.15, 0.2) is 59.8 Å². The van der Waals surface area contributed by atoms with Gasteiger partial charge in [-0.15, -0.1) is 0 Å². The largest absolute Gasteiger partial charge is 0.480 e.